The summed E-state index contributed by atoms with van der Waals surface area (Å²) in [6, 6.07) is 2.07. The highest BCUT2D eigenvalue weighted by molar-refractivity contribution is 6.07. The summed E-state index contributed by atoms with van der Waals surface area (Å²) in [5.41, 5.74) is 0.403. The molecule has 3 amide bonds. The fraction of sp³-hybridized carbons (Fsp3) is 0.250. The number of rotatable bonds is 3. The van der Waals surface area contributed by atoms with Crippen molar-refractivity contribution in [2.45, 2.75) is 19.0 Å². The molecule has 1 fully saturated rings. The SMILES string of the molecule is CC(C(=O)O)N1C(=O)NC(c2ccc(F)cc2)C1=O. The number of hydrogen-bond donors (Lipinski definition) is 2. The zero-order valence-corrected chi connectivity index (χ0v) is 9.96. The van der Waals surface area contributed by atoms with Crippen LogP contribution in [0.15, 0.2) is 24.3 Å². The molecule has 6 nitrogen and oxygen atoms in total. The molecule has 2 N–H and O–H groups in total. The van der Waals surface area contributed by atoms with Crippen molar-refractivity contribution in [3.63, 3.8) is 0 Å². The number of imide groups is 1. The van der Waals surface area contributed by atoms with E-state index in [4.69, 9.17) is 5.11 Å². The van der Waals surface area contributed by atoms with Crippen LogP contribution in [0.5, 0.6) is 0 Å². The molecule has 0 spiro atoms. The summed E-state index contributed by atoms with van der Waals surface area (Å²) >= 11 is 0. The Balaban J connectivity index is 2.27. The van der Waals surface area contributed by atoms with Gasteiger partial charge in [0.05, 0.1) is 0 Å². The average Bonchev–Trinajstić information content (AvgIpc) is 2.65. The van der Waals surface area contributed by atoms with Crippen molar-refractivity contribution < 1.29 is 23.9 Å². The first kappa shape index (κ1) is 13.0. The quantitative estimate of drug-likeness (QED) is 0.795. The Morgan fingerprint density at radius 2 is 1.95 bits per heavy atom. The van der Waals surface area contributed by atoms with E-state index in [2.05, 4.69) is 5.32 Å². The number of halogens is 1. The summed E-state index contributed by atoms with van der Waals surface area (Å²) in [7, 11) is 0. The number of aliphatic carboxylic acids is 1. The maximum Gasteiger partial charge on any atom is 0.326 e. The number of nitrogens with zero attached hydrogens (tertiary/aromatic N) is 1. The minimum Gasteiger partial charge on any atom is -0.480 e. The Kier molecular flexibility index (Phi) is 3.20. The number of carbonyl (C=O) groups is 3. The van der Waals surface area contributed by atoms with Gasteiger partial charge in [-0.3, -0.25) is 4.79 Å². The van der Waals surface area contributed by atoms with Gasteiger partial charge in [0.2, 0.25) is 0 Å². The minimum absolute atomic E-state index is 0.403. The minimum atomic E-state index is -1.27. The van der Waals surface area contributed by atoms with Crippen LogP contribution in [0.25, 0.3) is 0 Å². The Morgan fingerprint density at radius 1 is 1.37 bits per heavy atom. The van der Waals surface area contributed by atoms with Gasteiger partial charge in [-0.1, -0.05) is 12.1 Å². The van der Waals surface area contributed by atoms with E-state index in [9.17, 15) is 18.8 Å². The Labute approximate surface area is 107 Å². The van der Waals surface area contributed by atoms with E-state index in [1.165, 1.54) is 19.1 Å². The predicted molar refractivity (Wildman–Crippen MR) is 61.6 cm³/mol. The number of hydrogen-bond acceptors (Lipinski definition) is 3. The average molecular weight is 266 g/mol. The van der Waals surface area contributed by atoms with Gasteiger partial charge in [-0.15, -0.1) is 0 Å². The fourth-order valence-electron chi connectivity index (χ4n) is 1.85. The van der Waals surface area contributed by atoms with Crippen LogP contribution in [0.2, 0.25) is 0 Å². The van der Waals surface area contributed by atoms with E-state index >= 15 is 0 Å². The maximum absolute atomic E-state index is 12.8. The summed E-state index contributed by atoms with van der Waals surface area (Å²) in [6.07, 6.45) is 0. The summed E-state index contributed by atoms with van der Waals surface area (Å²) in [5, 5.41) is 11.2. The van der Waals surface area contributed by atoms with Gasteiger partial charge in [-0.25, -0.2) is 18.9 Å². The summed E-state index contributed by atoms with van der Waals surface area (Å²) in [6.45, 7) is 1.24. The van der Waals surface area contributed by atoms with Crippen molar-refractivity contribution >= 4 is 17.9 Å². The second-order valence-corrected chi connectivity index (χ2v) is 4.16. The molecule has 0 aromatic heterocycles. The van der Waals surface area contributed by atoms with Gasteiger partial charge in [0.15, 0.2) is 0 Å². The van der Waals surface area contributed by atoms with Crippen LogP contribution in [0, 0.1) is 5.82 Å². The molecule has 2 atom stereocenters. The number of urea groups is 1. The Hall–Kier alpha value is -2.44. The first-order chi connectivity index (χ1) is 8.91. The number of benzene rings is 1. The summed E-state index contributed by atoms with van der Waals surface area (Å²) in [5.74, 6) is -2.40. The molecule has 19 heavy (non-hydrogen) atoms. The van der Waals surface area contributed by atoms with Gasteiger partial charge in [0.1, 0.15) is 17.9 Å². The maximum atomic E-state index is 12.8. The molecular formula is C12H11FN2O4. The molecule has 1 saturated heterocycles. The smallest absolute Gasteiger partial charge is 0.326 e. The molecule has 1 aliphatic rings. The number of amides is 3. The normalized spacial score (nSPS) is 20.3. The molecule has 0 bridgehead atoms. The highest BCUT2D eigenvalue weighted by atomic mass is 19.1. The first-order valence-electron chi connectivity index (χ1n) is 5.53. The topological polar surface area (TPSA) is 86.7 Å². The standard InChI is InChI=1S/C12H11FN2O4/c1-6(11(17)18)15-10(16)9(14-12(15)19)7-2-4-8(13)5-3-7/h2-6,9H,1H3,(H,14,19)(H,17,18). The second kappa shape index (κ2) is 4.68. The molecular weight excluding hydrogens is 255 g/mol. The lowest BCUT2D eigenvalue weighted by atomic mass is 10.1. The molecule has 1 aliphatic heterocycles. The zero-order valence-electron chi connectivity index (χ0n) is 9.96. The number of carbonyl (C=O) groups excluding carboxylic acids is 2. The third kappa shape index (κ3) is 2.26. The van der Waals surface area contributed by atoms with E-state index in [0.717, 1.165) is 12.1 Å². The highest BCUT2D eigenvalue weighted by Gasteiger charge is 2.43. The molecule has 1 aromatic rings. The lowest BCUT2D eigenvalue weighted by Crippen LogP contribution is -2.43. The van der Waals surface area contributed by atoms with Crippen LogP contribution in [0.3, 0.4) is 0 Å². The van der Waals surface area contributed by atoms with Gasteiger partial charge >= 0.3 is 12.0 Å². The van der Waals surface area contributed by atoms with Crippen molar-refractivity contribution in [3.05, 3.63) is 35.6 Å². The molecule has 100 valence electrons. The van der Waals surface area contributed by atoms with E-state index in [-0.39, 0.29) is 0 Å². The number of carboxylic acid groups (broad SMARTS) is 1. The monoisotopic (exact) mass is 266 g/mol. The fourth-order valence-corrected chi connectivity index (χ4v) is 1.85. The van der Waals surface area contributed by atoms with Crippen molar-refractivity contribution in [2.24, 2.45) is 0 Å². The van der Waals surface area contributed by atoms with Crippen molar-refractivity contribution in [3.8, 4) is 0 Å². The lowest BCUT2D eigenvalue weighted by molar-refractivity contribution is -0.146. The van der Waals surface area contributed by atoms with Crippen LogP contribution in [-0.2, 0) is 9.59 Å². The molecule has 1 aromatic carbocycles. The van der Waals surface area contributed by atoms with Crippen molar-refractivity contribution in [2.75, 3.05) is 0 Å². The number of carboxylic acids is 1. The molecule has 1 heterocycles. The largest absolute Gasteiger partial charge is 0.480 e. The molecule has 0 radical (unpaired) electrons. The third-order valence-electron chi connectivity index (χ3n) is 2.92. The van der Waals surface area contributed by atoms with Gasteiger partial charge in [-0.05, 0) is 24.6 Å². The second-order valence-electron chi connectivity index (χ2n) is 4.16. The lowest BCUT2D eigenvalue weighted by Gasteiger charge is -2.17. The van der Waals surface area contributed by atoms with E-state index < -0.39 is 35.8 Å². The van der Waals surface area contributed by atoms with Gasteiger partial charge in [0, 0.05) is 0 Å². The van der Waals surface area contributed by atoms with Crippen LogP contribution in [0.4, 0.5) is 9.18 Å². The Morgan fingerprint density at radius 3 is 2.47 bits per heavy atom. The third-order valence-corrected chi connectivity index (χ3v) is 2.92. The van der Waals surface area contributed by atoms with Crippen molar-refractivity contribution in [1.29, 1.82) is 0 Å². The van der Waals surface area contributed by atoms with E-state index in [0.29, 0.717) is 10.5 Å². The van der Waals surface area contributed by atoms with Gasteiger partial charge in [-0.2, -0.15) is 0 Å². The van der Waals surface area contributed by atoms with Crippen molar-refractivity contribution in [1.82, 2.24) is 10.2 Å². The van der Waals surface area contributed by atoms with Crippen LogP contribution < -0.4 is 5.32 Å². The summed E-state index contributed by atoms with van der Waals surface area (Å²) < 4.78 is 12.8. The van der Waals surface area contributed by atoms with E-state index in [1.807, 2.05) is 0 Å². The van der Waals surface area contributed by atoms with E-state index in [1.54, 1.807) is 0 Å². The zero-order chi connectivity index (χ0) is 14.2. The van der Waals surface area contributed by atoms with Crippen LogP contribution >= 0.6 is 0 Å². The number of nitrogens with one attached hydrogen (secondary N) is 1. The van der Waals surface area contributed by atoms with Crippen LogP contribution in [-0.4, -0.2) is 34.0 Å². The molecule has 2 rings (SSSR count). The molecule has 2 unspecified atom stereocenters. The highest BCUT2D eigenvalue weighted by Crippen LogP contribution is 2.23. The molecule has 0 aliphatic carbocycles. The molecule has 7 heteroatoms. The Bertz CT molecular complexity index is 543. The summed E-state index contributed by atoms with van der Waals surface area (Å²) in [4.78, 5) is 35.2. The van der Waals surface area contributed by atoms with Gasteiger partial charge < -0.3 is 10.4 Å². The van der Waals surface area contributed by atoms with Crippen LogP contribution in [0.1, 0.15) is 18.5 Å². The predicted octanol–water partition coefficient (Wildman–Crippen LogP) is 0.892. The van der Waals surface area contributed by atoms with Gasteiger partial charge in [0.25, 0.3) is 5.91 Å². The first-order valence-corrected chi connectivity index (χ1v) is 5.53. The molecule has 0 saturated carbocycles.